The Morgan fingerprint density at radius 3 is 2.45 bits per heavy atom. The molecule has 0 aromatic heterocycles. The maximum Gasteiger partial charge on any atom is 0.573 e. The molecular formula is C15H22F3NO. The average Bonchev–Trinajstić information content (AvgIpc) is 2.36. The van der Waals surface area contributed by atoms with Crippen molar-refractivity contribution in [1.82, 2.24) is 5.32 Å². The molecule has 0 heterocycles. The van der Waals surface area contributed by atoms with Crippen molar-refractivity contribution in [3.8, 4) is 5.75 Å². The first kappa shape index (κ1) is 16.8. The Kier molecular flexibility index (Phi) is 6.85. The Morgan fingerprint density at radius 1 is 1.15 bits per heavy atom. The Balaban J connectivity index is 2.66. The Bertz CT molecular complexity index is 387. The number of hydrogen-bond acceptors (Lipinski definition) is 2. The molecule has 0 aliphatic heterocycles. The fourth-order valence-corrected chi connectivity index (χ4v) is 2.25. The lowest BCUT2D eigenvalue weighted by Gasteiger charge is -2.18. The van der Waals surface area contributed by atoms with Gasteiger partial charge in [-0.2, -0.15) is 0 Å². The van der Waals surface area contributed by atoms with Crippen LogP contribution in [0.1, 0.15) is 38.7 Å². The van der Waals surface area contributed by atoms with Gasteiger partial charge in [0.05, 0.1) is 0 Å². The van der Waals surface area contributed by atoms with Gasteiger partial charge in [0.2, 0.25) is 0 Å². The molecular weight excluding hydrogens is 267 g/mol. The first-order valence-electron chi connectivity index (χ1n) is 7.03. The lowest BCUT2D eigenvalue weighted by molar-refractivity contribution is -0.274. The van der Waals surface area contributed by atoms with E-state index in [0.717, 1.165) is 25.8 Å². The number of rotatable bonds is 8. The van der Waals surface area contributed by atoms with Crippen molar-refractivity contribution >= 4 is 0 Å². The van der Waals surface area contributed by atoms with Crippen molar-refractivity contribution in [2.45, 2.75) is 51.9 Å². The minimum absolute atomic E-state index is 0.0910. The summed E-state index contributed by atoms with van der Waals surface area (Å²) in [5.74, 6) is -0.0910. The van der Waals surface area contributed by atoms with Crippen LogP contribution < -0.4 is 10.1 Å². The summed E-state index contributed by atoms with van der Waals surface area (Å²) in [5, 5.41) is 3.36. The molecule has 114 valence electrons. The Morgan fingerprint density at radius 2 is 1.85 bits per heavy atom. The summed E-state index contributed by atoms with van der Waals surface area (Å²) in [4.78, 5) is 0. The summed E-state index contributed by atoms with van der Waals surface area (Å²) in [5.41, 5.74) is 0.601. The van der Waals surface area contributed by atoms with Gasteiger partial charge in [0.15, 0.2) is 0 Å². The zero-order valence-corrected chi connectivity index (χ0v) is 12.0. The highest BCUT2D eigenvalue weighted by molar-refractivity contribution is 5.33. The number of aryl methyl sites for hydroxylation is 1. The number of hydrogen-bond donors (Lipinski definition) is 1. The monoisotopic (exact) mass is 289 g/mol. The topological polar surface area (TPSA) is 21.3 Å². The second-order valence-electron chi connectivity index (χ2n) is 4.74. The first-order valence-corrected chi connectivity index (χ1v) is 7.03. The highest BCUT2D eigenvalue weighted by Crippen LogP contribution is 2.27. The number of halogens is 3. The summed E-state index contributed by atoms with van der Waals surface area (Å²) < 4.78 is 41.0. The largest absolute Gasteiger partial charge is 0.573 e. The van der Waals surface area contributed by atoms with Crippen molar-refractivity contribution < 1.29 is 17.9 Å². The van der Waals surface area contributed by atoms with Crippen molar-refractivity contribution in [3.05, 3.63) is 29.8 Å². The molecule has 0 aliphatic rings. The van der Waals surface area contributed by atoms with Gasteiger partial charge < -0.3 is 10.1 Å². The van der Waals surface area contributed by atoms with Crippen LogP contribution in [0.15, 0.2) is 24.3 Å². The van der Waals surface area contributed by atoms with Crippen molar-refractivity contribution in [1.29, 1.82) is 0 Å². The van der Waals surface area contributed by atoms with E-state index < -0.39 is 6.36 Å². The van der Waals surface area contributed by atoms with Crippen LogP contribution in [-0.2, 0) is 6.42 Å². The van der Waals surface area contributed by atoms with Crippen molar-refractivity contribution in [2.24, 2.45) is 0 Å². The highest BCUT2D eigenvalue weighted by atomic mass is 19.4. The number of alkyl halides is 3. The van der Waals surface area contributed by atoms with Gasteiger partial charge in [-0.05, 0) is 37.4 Å². The van der Waals surface area contributed by atoms with Crippen LogP contribution in [0.25, 0.3) is 0 Å². The summed E-state index contributed by atoms with van der Waals surface area (Å²) >= 11 is 0. The van der Waals surface area contributed by atoms with Gasteiger partial charge in [0.1, 0.15) is 5.75 Å². The SMILES string of the molecule is CCCC(CCc1ccccc1OC(F)(F)F)NCC. The first-order chi connectivity index (χ1) is 9.46. The maximum atomic E-state index is 12.3. The highest BCUT2D eigenvalue weighted by Gasteiger charge is 2.31. The van der Waals surface area contributed by atoms with E-state index in [9.17, 15) is 13.2 Å². The number of benzene rings is 1. The maximum absolute atomic E-state index is 12.3. The summed E-state index contributed by atoms with van der Waals surface area (Å²) in [6.07, 6.45) is -1.18. The van der Waals surface area contributed by atoms with Crippen LogP contribution in [0.2, 0.25) is 0 Å². The van der Waals surface area contributed by atoms with Crippen LogP contribution in [0.4, 0.5) is 13.2 Å². The molecule has 0 amide bonds. The van der Waals surface area contributed by atoms with Gasteiger partial charge in [-0.15, -0.1) is 13.2 Å². The standard InChI is InChI=1S/C15H22F3NO/c1-3-7-13(19-4-2)11-10-12-8-5-6-9-14(12)20-15(16,17)18/h5-6,8-9,13,19H,3-4,7,10-11H2,1-2H3. The summed E-state index contributed by atoms with van der Waals surface area (Å²) in [7, 11) is 0. The fourth-order valence-electron chi connectivity index (χ4n) is 2.25. The molecule has 5 heteroatoms. The molecule has 1 unspecified atom stereocenters. The lowest BCUT2D eigenvalue weighted by atomic mass is 10.0. The van der Waals surface area contributed by atoms with Crippen molar-refractivity contribution in [2.75, 3.05) is 6.54 Å². The van der Waals surface area contributed by atoms with Crippen LogP contribution in [-0.4, -0.2) is 18.9 Å². The van der Waals surface area contributed by atoms with E-state index >= 15 is 0 Å². The smallest absolute Gasteiger partial charge is 0.406 e. The summed E-state index contributed by atoms with van der Waals surface area (Å²) in [6.45, 7) is 5.00. The zero-order valence-electron chi connectivity index (χ0n) is 12.0. The average molecular weight is 289 g/mol. The molecule has 1 aromatic rings. The molecule has 20 heavy (non-hydrogen) atoms. The molecule has 1 aromatic carbocycles. The predicted octanol–water partition coefficient (Wildman–Crippen LogP) is 4.30. The lowest BCUT2D eigenvalue weighted by Crippen LogP contribution is -2.29. The van der Waals surface area contributed by atoms with Crippen LogP contribution in [0.3, 0.4) is 0 Å². The van der Waals surface area contributed by atoms with E-state index in [2.05, 4.69) is 17.0 Å². The van der Waals surface area contributed by atoms with Gasteiger partial charge in [0.25, 0.3) is 0 Å². The second-order valence-corrected chi connectivity index (χ2v) is 4.74. The molecule has 1 atom stereocenters. The summed E-state index contributed by atoms with van der Waals surface area (Å²) in [6, 6.07) is 6.68. The normalized spacial score (nSPS) is 13.2. The van der Waals surface area contributed by atoms with Crippen LogP contribution in [0.5, 0.6) is 5.75 Å². The quantitative estimate of drug-likeness (QED) is 0.770. The molecule has 0 aliphatic carbocycles. The third-order valence-corrected chi connectivity index (χ3v) is 3.09. The molecule has 1 N–H and O–H groups in total. The molecule has 0 saturated carbocycles. The van der Waals surface area contributed by atoms with Gasteiger partial charge in [-0.25, -0.2) is 0 Å². The molecule has 0 saturated heterocycles. The number of ether oxygens (including phenoxy) is 1. The minimum atomic E-state index is -4.64. The molecule has 0 bridgehead atoms. The zero-order chi connectivity index (χ0) is 15.0. The van der Waals surface area contributed by atoms with Crippen LogP contribution in [0, 0.1) is 0 Å². The fraction of sp³-hybridized carbons (Fsp3) is 0.600. The molecule has 2 nitrogen and oxygen atoms in total. The third-order valence-electron chi connectivity index (χ3n) is 3.09. The van der Waals surface area contributed by atoms with Gasteiger partial charge in [-0.1, -0.05) is 38.5 Å². The van der Waals surface area contributed by atoms with Gasteiger partial charge >= 0.3 is 6.36 Å². The number of para-hydroxylation sites is 1. The molecule has 0 fully saturated rings. The second kappa shape index (κ2) is 8.15. The van der Waals surface area contributed by atoms with Crippen molar-refractivity contribution in [3.63, 3.8) is 0 Å². The third kappa shape index (κ3) is 6.28. The van der Waals surface area contributed by atoms with E-state index in [1.165, 1.54) is 6.07 Å². The van der Waals surface area contributed by atoms with E-state index in [1.54, 1.807) is 18.2 Å². The van der Waals surface area contributed by atoms with E-state index in [4.69, 9.17) is 0 Å². The Hall–Kier alpha value is -1.23. The van der Waals surface area contributed by atoms with Gasteiger partial charge in [0, 0.05) is 6.04 Å². The van der Waals surface area contributed by atoms with E-state index in [0.29, 0.717) is 18.0 Å². The Labute approximate surface area is 118 Å². The van der Waals surface area contributed by atoms with E-state index in [1.807, 2.05) is 6.92 Å². The predicted molar refractivity (Wildman–Crippen MR) is 73.8 cm³/mol. The molecule has 0 radical (unpaired) electrons. The number of nitrogens with one attached hydrogen (secondary N) is 1. The molecule has 1 rings (SSSR count). The van der Waals surface area contributed by atoms with Crippen LogP contribution >= 0.6 is 0 Å². The molecule has 0 spiro atoms. The van der Waals surface area contributed by atoms with Gasteiger partial charge in [-0.3, -0.25) is 0 Å². The van der Waals surface area contributed by atoms with E-state index in [-0.39, 0.29) is 5.75 Å². The minimum Gasteiger partial charge on any atom is -0.406 e.